The van der Waals surface area contributed by atoms with Crippen LogP contribution < -0.4 is 10.9 Å². The molecule has 2 rings (SSSR count). The molecule has 1 N–H and O–H groups in total. The van der Waals surface area contributed by atoms with Gasteiger partial charge in [-0.05, 0) is 12.8 Å². The lowest BCUT2D eigenvalue weighted by atomic mass is 10.2. The van der Waals surface area contributed by atoms with Crippen molar-refractivity contribution in [1.29, 1.82) is 0 Å². The molecule has 0 saturated heterocycles. The fourth-order valence-corrected chi connectivity index (χ4v) is 2.09. The minimum absolute atomic E-state index is 0.143. The van der Waals surface area contributed by atoms with Crippen LogP contribution in [0.3, 0.4) is 0 Å². The maximum Gasteiger partial charge on any atom is 0.287 e. The summed E-state index contributed by atoms with van der Waals surface area (Å²) >= 11 is 6.13. The van der Waals surface area contributed by atoms with Gasteiger partial charge in [-0.25, -0.2) is 4.68 Å². The molecule has 2 aromatic rings. The van der Waals surface area contributed by atoms with Gasteiger partial charge in [-0.2, -0.15) is 10.2 Å². The average Bonchev–Trinajstić information content (AvgIpc) is 2.67. The number of anilines is 2. The molecular formula is C13H18ClN5O. The Morgan fingerprint density at radius 2 is 2.10 bits per heavy atom. The molecule has 0 unspecified atom stereocenters. The van der Waals surface area contributed by atoms with Crippen LogP contribution in [0.4, 0.5) is 11.4 Å². The summed E-state index contributed by atoms with van der Waals surface area (Å²) in [5.74, 6) is 0.329. The number of nitrogens with one attached hydrogen (secondary N) is 1. The highest BCUT2D eigenvalue weighted by atomic mass is 35.5. The third-order valence-corrected chi connectivity index (χ3v) is 3.17. The second kappa shape index (κ2) is 5.66. The highest BCUT2D eigenvalue weighted by Gasteiger charge is 2.12. The second-order valence-electron chi connectivity index (χ2n) is 5.18. The molecule has 2 heterocycles. The van der Waals surface area contributed by atoms with Crippen LogP contribution in [0, 0.1) is 12.8 Å². The molecule has 2 aromatic heterocycles. The quantitative estimate of drug-likeness (QED) is 0.940. The molecule has 0 aliphatic carbocycles. The van der Waals surface area contributed by atoms with Crippen molar-refractivity contribution in [2.24, 2.45) is 13.0 Å². The van der Waals surface area contributed by atoms with Crippen molar-refractivity contribution in [3.63, 3.8) is 0 Å². The number of rotatable bonds is 4. The van der Waals surface area contributed by atoms with Crippen molar-refractivity contribution in [3.8, 4) is 0 Å². The van der Waals surface area contributed by atoms with Crippen molar-refractivity contribution in [3.05, 3.63) is 33.5 Å². The lowest BCUT2D eigenvalue weighted by molar-refractivity contribution is 0.464. The van der Waals surface area contributed by atoms with Crippen LogP contribution in [-0.4, -0.2) is 19.6 Å². The predicted molar refractivity (Wildman–Crippen MR) is 79.6 cm³/mol. The summed E-state index contributed by atoms with van der Waals surface area (Å²) in [6.45, 7) is 6.47. The molecule has 0 amide bonds. The molecule has 0 saturated carbocycles. The fourth-order valence-electron chi connectivity index (χ4n) is 1.90. The highest BCUT2D eigenvalue weighted by molar-refractivity contribution is 6.33. The summed E-state index contributed by atoms with van der Waals surface area (Å²) in [6, 6.07) is 0. The summed E-state index contributed by atoms with van der Waals surface area (Å²) < 4.78 is 3.08. The predicted octanol–water partition coefficient (Wildman–Crippen LogP) is 2.34. The maximum absolute atomic E-state index is 12.1. The summed E-state index contributed by atoms with van der Waals surface area (Å²) in [5, 5.41) is 11.6. The zero-order valence-corrected chi connectivity index (χ0v) is 12.8. The van der Waals surface area contributed by atoms with Crippen LogP contribution in [0.25, 0.3) is 0 Å². The van der Waals surface area contributed by atoms with Crippen LogP contribution in [0.15, 0.2) is 17.2 Å². The van der Waals surface area contributed by atoms with Gasteiger partial charge in [0.2, 0.25) is 0 Å². The molecule has 6 nitrogen and oxygen atoms in total. The maximum atomic E-state index is 12.1. The van der Waals surface area contributed by atoms with Gasteiger partial charge >= 0.3 is 0 Å². The van der Waals surface area contributed by atoms with Gasteiger partial charge in [0.05, 0.1) is 23.3 Å². The standard InChI is InChI=1S/C13H18ClN5O/c1-8(2)6-19-13(20)12(14)10(5-15-19)16-11-7-18(4)17-9(11)3/h5,7-8,16H,6H2,1-4H3. The van der Waals surface area contributed by atoms with E-state index in [1.807, 2.05) is 34.0 Å². The van der Waals surface area contributed by atoms with Gasteiger partial charge in [0, 0.05) is 19.8 Å². The van der Waals surface area contributed by atoms with Gasteiger partial charge in [0.1, 0.15) is 5.02 Å². The molecule has 0 bridgehead atoms. The highest BCUT2D eigenvalue weighted by Crippen LogP contribution is 2.23. The SMILES string of the molecule is Cc1nn(C)cc1Nc1cnn(CC(C)C)c(=O)c1Cl. The molecule has 20 heavy (non-hydrogen) atoms. The van der Waals surface area contributed by atoms with Gasteiger partial charge in [0.15, 0.2) is 0 Å². The van der Waals surface area contributed by atoms with E-state index in [0.717, 1.165) is 11.4 Å². The van der Waals surface area contributed by atoms with E-state index < -0.39 is 0 Å². The second-order valence-corrected chi connectivity index (χ2v) is 5.56. The van der Waals surface area contributed by atoms with Crippen molar-refractivity contribution in [1.82, 2.24) is 19.6 Å². The van der Waals surface area contributed by atoms with E-state index in [0.29, 0.717) is 18.2 Å². The van der Waals surface area contributed by atoms with Crippen LogP contribution in [0.1, 0.15) is 19.5 Å². The fraction of sp³-hybridized carbons (Fsp3) is 0.462. The molecule has 0 aliphatic heterocycles. The minimum Gasteiger partial charge on any atom is -0.350 e. The number of hydrogen-bond acceptors (Lipinski definition) is 4. The number of nitrogens with zero attached hydrogens (tertiary/aromatic N) is 4. The van der Waals surface area contributed by atoms with Gasteiger partial charge < -0.3 is 5.32 Å². The smallest absolute Gasteiger partial charge is 0.287 e. The Bertz CT molecular complexity index is 674. The molecule has 0 radical (unpaired) electrons. The van der Waals surface area contributed by atoms with E-state index in [-0.39, 0.29) is 10.6 Å². The lowest BCUT2D eigenvalue weighted by Crippen LogP contribution is -2.25. The average molecular weight is 296 g/mol. The van der Waals surface area contributed by atoms with Crippen molar-refractivity contribution in [2.45, 2.75) is 27.3 Å². The first-order valence-electron chi connectivity index (χ1n) is 6.41. The third-order valence-electron chi connectivity index (χ3n) is 2.81. The Hall–Kier alpha value is -1.82. The molecule has 0 spiro atoms. The van der Waals surface area contributed by atoms with E-state index in [9.17, 15) is 4.79 Å². The molecule has 0 atom stereocenters. The van der Waals surface area contributed by atoms with Crippen molar-refractivity contribution >= 4 is 23.0 Å². The van der Waals surface area contributed by atoms with Crippen molar-refractivity contribution < 1.29 is 0 Å². The van der Waals surface area contributed by atoms with Gasteiger partial charge in [-0.15, -0.1) is 0 Å². The molecule has 0 fully saturated rings. The third kappa shape index (κ3) is 3.01. The van der Waals surface area contributed by atoms with Gasteiger partial charge in [-0.3, -0.25) is 9.48 Å². The lowest BCUT2D eigenvalue weighted by Gasteiger charge is -2.11. The Kier molecular flexibility index (Phi) is 4.13. The number of halogens is 1. The summed E-state index contributed by atoms with van der Waals surface area (Å²) in [5.41, 5.74) is 1.84. The first-order valence-corrected chi connectivity index (χ1v) is 6.79. The van der Waals surface area contributed by atoms with Gasteiger partial charge in [0.25, 0.3) is 5.56 Å². The van der Waals surface area contributed by atoms with E-state index >= 15 is 0 Å². The Labute approximate surface area is 122 Å². The van der Waals surface area contributed by atoms with Crippen molar-refractivity contribution in [2.75, 3.05) is 5.32 Å². The normalized spacial score (nSPS) is 11.1. The first kappa shape index (κ1) is 14.6. The van der Waals surface area contributed by atoms with E-state index in [1.54, 1.807) is 10.9 Å². The first-order chi connectivity index (χ1) is 9.38. The van der Waals surface area contributed by atoms with Gasteiger partial charge in [-0.1, -0.05) is 25.4 Å². The van der Waals surface area contributed by atoms with Crippen LogP contribution in [0.2, 0.25) is 5.02 Å². The molecule has 0 aliphatic rings. The molecular weight excluding hydrogens is 278 g/mol. The van der Waals surface area contributed by atoms with E-state index in [2.05, 4.69) is 15.5 Å². The Morgan fingerprint density at radius 1 is 1.40 bits per heavy atom. The summed E-state index contributed by atoms with van der Waals surface area (Å²) in [6.07, 6.45) is 3.39. The summed E-state index contributed by atoms with van der Waals surface area (Å²) in [7, 11) is 1.83. The van der Waals surface area contributed by atoms with Crippen LogP contribution in [0.5, 0.6) is 0 Å². The molecule has 108 valence electrons. The molecule has 7 heteroatoms. The van der Waals surface area contributed by atoms with Crippen LogP contribution >= 0.6 is 11.6 Å². The number of hydrogen-bond donors (Lipinski definition) is 1. The number of aromatic nitrogens is 4. The van der Waals surface area contributed by atoms with Crippen LogP contribution in [-0.2, 0) is 13.6 Å². The molecule has 0 aromatic carbocycles. The monoisotopic (exact) mass is 295 g/mol. The zero-order chi connectivity index (χ0) is 14.9. The zero-order valence-electron chi connectivity index (χ0n) is 12.0. The Balaban J connectivity index is 2.32. The largest absolute Gasteiger partial charge is 0.350 e. The summed E-state index contributed by atoms with van der Waals surface area (Å²) in [4.78, 5) is 12.1. The Morgan fingerprint density at radius 3 is 2.65 bits per heavy atom. The number of aryl methyl sites for hydroxylation is 2. The van der Waals surface area contributed by atoms with E-state index in [1.165, 1.54) is 4.68 Å². The van der Waals surface area contributed by atoms with E-state index in [4.69, 9.17) is 11.6 Å². The topological polar surface area (TPSA) is 64.7 Å². The minimum atomic E-state index is -0.285.